The normalized spacial score (nSPS) is 12.1. The van der Waals surface area contributed by atoms with E-state index < -0.39 is 11.4 Å². The van der Waals surface area contributed by atoms with Gasteiger partial charge in [0.1, 0.15) is 0 Å². The number of benzene rings is 2. The van der Waals surface area contributed by atoms with Gasteiger partial charge in [0.15, 0.2) is 0 Å². The molecule has 0 aromatic heterocycles. The second-order valence-corrected chi connectivity index (χ2v) is 7.13. The van der Waals surface area contributed by atoms with Gasteiger partial charge in [0, 0.05) is 0 Å². The largest absolute Gasteiger partial charge is 1.00 e. The third-order valence-electron chi connectivity index (χ3n) is 3.94. The van der Waals surface area contributed by atoms with Gasteiger partial charge in [-0.3, -0.25) is 0 Å². The average molecular weight is 358 g/mol. The number of fused-ring (bicyclic) bond motifs is 1. The van der Waals surface area contributed by atoms with Gasteiger partial charge in [-0.2, -0.15) is 0 Å². The van der Waals surface area contributed by atoms with Crippen LogP contribution in [-0.2, 0) is 11.4 Å². The molecule has 2 aromatic rings. The van der Waals surface area contributed by atoms with Gasteiger partial charge in [-0.15, -0.1) is 0 Å². The Hall–Kier alpha value is -0.230. The number of rotatable bonds is 3. The van der Waals surface area contributed by atoms with Gasteiger partial charge in [-0.05, 0) is 45.2 Å². The average Bonchev–Trinajstić information content (AvgIpc) is 2.43. The zero-order chi connectivity index (χ0) is 17.7. The first-order chi connectivity index (χ1) is 10.7. The topological polar surface area (TPSA) is 60.4 Å². The van der Waals surface area contributed by atoms with Crippen LogP contribution in [0.5, 0.6) is 0 Å². The summed E-state index contributed by atoms with van der Waals surface area (Å²) in [7, 11) is 0. The first-order valence-corrected chi connectivity index (χ1v) is 9.03. The van der Waals surface area contributed by atoms with Crippen LogP contribution in [-0.4, -0.2) is 13.3 Å². The van der Waals surface area contributed by atoms with Crippen LogP contribution in [0.3, 0.4) is 0 Å². The molecule has 2 rings (SSSR count). The maximum atomic E-state index is 8.56. The summed E-state index contributed by atoms with van der Waals surface area (Å²) in [5.74, 6) is 1.74. The molecule has 0 saturated heterocycles. The number of hydrogen-bond donors (Lipinski definition) is 1. The van der Waals surface area contributed by atoms with Crippen LogP contribution in [0.4, 0.5) is 0 Å². The standard InChI is InChI=1S/C19H26.Na.H2O3S/c1-12(2)17-11-15-9-7-8-10-16(15)18(13(3)4)19(17)14(5)6;;1-4(2)3/h7-14H,1-6H3;;(H2,1,2,3)/q;+1;/p-1. The van der Waals surface area contributed by atoms with Crippen molar-refractivity contribution >= 4 is 22.1 Å². The van der Waals surface area contributed by atoms with Crippen LogP contribution in [0.1, 0.15) is 76.0 Å². The zero-order valence-electron chi connectivity index (χ0n) is 15.8. The van der Waals surface area contributed by atoms with E-state index in [1.807, 2.05) is 0 Å². The second kappa shape index (κ2) is 10.7. The van der Waals surface area contributed by atoms with E-state index in [9.17, 15) is 0 Å². The molecule has 0 saturated carbocycles. The van der Waals surface area contributed by atoms with E-state index in [2.05, 4.69) is 71.9 Å². The van der Waals surface area contributed by atoms with E-state index in [4.69, 9.17) is 13.3 Å². The van der Waals surface area contributed by atoms with Gasteiger partial charge in [0.25, 0.3) is 0 Å². The van der Waals surface area contributed by atoms with E-state index in [0.717, 1.165) is 0 Å². The Morgan fingerprint density at radius 2 is 1.38 bits per heavy atom. The molecule has 1 N–H and O–H groups in total. The van der Waals surface area contributed by atoms with Crippen molar-refractivity contribution in [2.45, 2.75) is 59.3 Å². The molecule has 0 spiro atoms. The summed E-state index contributed by atoms with van der Waals surface area (Å²) in [5.41, 5.74) is 4.65. The molecule has 0 aliphatic rings. The molecule has 1 unspecified atom stereocenters. The van der Waals surface area contributed by atoms with Gasteiger partial charge in [0.05, 0.1) is 11.4 Å². The van der Waals surface area contributed by atoms with Crippen molar-refractivity contribution in [1.82, 2.24) is 0 Å². The van der Waals surface area contributed by atoms with Crippen LogP contribution in [0.2, 0.25) is 0 Å². The minimum absolute atomic E-state index is 0. The fraction of sp³-hybridized carbons (Fsp3) is 0.474. The van der Waals surface area contributed by atoms with Crippen LogP contribution >= 0.6 is 0 Å². The molecule has 0 fully saturated rings. The van der Waals surface area contributed by atoms with Crippen molar-refractivity contribution in [1.29, 1.82) is 0 Å². The van der Waals surface area contributed by atoms with Crippen molar-refractivity contribution in [3.8, 4) is 0 Å². The second-order valence-electron chi connectivity index (χ2n) is 6.70. The van der Waals surface area contributed by atoms with Crippen molar-refractivity contribution in [3.63, 3.8) is 0 Å². The first-order valence-electron chi connectivity index (χ1n) is 8.00. The van der Waals surface area contributed by atoms with Gasteiger partial charge >= 0.3 is 29.6 Å². The van der Waals surface area contributed by atoms with Gasteiger partial charge in [0.2, 0.25) is 0 Å². The number of hydrogen-bond acceptors (Lipinski definition) is 2. The molecule has 0 aliphatic heterocycles. The van der Waals surface area contributed by atoms with E-state index >= 15 is 0 Å². The Balaban J connectivity index is 0.000000954. The van der Waals surface area contributed by atoms with E-state index in [1.165, 1.54) is 16.3 Å². The van der Waals surface area contributed by atoms with Gasteiger partial charge in [-0.25, -0.2) is 4.21 Å². The van der Waals surface area contributed by atoms with Crippen molar-refractivity contribution in [2.75, 3.05) is 0 Å². The quantitative estimate of drug-likeness (QED) is 0.678. The molecule has 0 aliphatic carbocycles. The van der Waals surface area contributed by atoms with E-state index in [0.29, 0.717) is 17.8 Å². The monoisotopic (exact) mass is 358 g/mol. The Bertz CT molecular complexity index is 678. The molecule has 0 radical (unpaired) electrons. The summed E-state index contributed by atoms with van der Waals surface area (Å²) in [6.07, 6.45) is 0. The molecule has 1 atom stereocenters. The Labute approximate surface area is 170 Å². The smallest absolute Gasteiger partial charge is 0.750 e. The summed E-state index contributed by atoms with van der Waals surface area (Å²) >= 11 is -2.86. The molecule has 0 amide bonds. The minimum atomic E-state index is -2.86. The summed E-state index contributed by atoms with van der Waals surface area (Å²) in [4.78, 5) is 0. The van der Waals surface area contributed by atoms with Crippen LogP contribution < -0.4 is 29.6 Å². The maximum absolute atomic E-state index is 8.56. The Kier molecular flexibility index (Phi) is 10.6. The predicted molar refractivity (Wildman–Crippen MR) is 97.8 cm³/mol. The minimum Gasteiger partial charge on any atom is -0.750 e. The van der Waals surface area contributed by atoms with Crippen LogP contribution in [0.25, 0.3) is 10.8 Å². The fourth-order valence-electron chi connectivity index (χ4n) is 3.16. The predicted octanol–water partition coefficient (Wildman–Crippen LogP) is 2.55. The summed E-state index contributed by atoms with van der Waals surface area (Å²) in [5, 5.41) is 2.82. The van der Waals surface area contributed by atoms with E-state index in [1.54, 1.807) is 11.1 Å². The molecular formula is C19H27NaO3S. The SMILES string of the molecule is CC(C)c1cc2ccccc2c(C(C)C)c1C(C)C.O=S([O-])O.[Na+]. The van der Waals surface area contributed by atoms with Gasteiger partial charge < -0.3 is 9.11 Å². The molecule has 3 nitrogen and oxygen atoms in total. The van der Waals surface area contributed by atoms with E-state index in [-0.39, 0.29) is 29.6 Å². The molecule has 5 heteroatoms. The molecular weight excluding hydrogens is 331 g/mol. The van der Waals surface area contributed by atoms with Crippen LogP contribution in [0.15, 0.2) is 30.3 Å². The molecule has 0 bridgehead atoms. The molecule has 0 heterocycles. The first kappa shape index (κ1) is 23.8. The molecule has 24 heavy (non-hydrogen) atoms. The van der Waals surface area contributed by atoms with Crippen molar-refractivity contribution in [2.24, 2.45) is 0 Å². The summed E-state index contributed by atoms with van der Waals surface area (Å²) < 4.78 is 24.1. The van der Waals surface area contributed by atoms with Crippen molar-refractivity contribution in [3.05, 3.63) is 47.0 Å². The summed E-state index contributed by atoms with van der Waals surface area (Å²) in [6, 6.07) is 11.2. The van der Waals surface area contributed by atoms with Gasteiger partial charge in [-0.1, -0.05) is 71.9 Å². The third kappa shape index (κ3) is 6.25. The third-order valence-corrected chi connectivity index (χ3v) is 3.94. The van der Waals surface area contributed by atoms with Crippen LogP contribution in [0, 0.1) is 0 Å². The molecule has 128 valence electrons. The maximum Gasteiger partial charge on any atom is 1.00 e. The fourth-order valence-corrected chi connectivity index (χ4v) is 3.16. The Morgan fingerprint density at radius 1 is 0.917 bits per heavy atom. The summed E-state index contributed by atoms with van der Waals surface area (Å²) in [6.45, 7) is 13.9. The molecule has 2 aromatic carbocycles. The zero-order valence-corrected chi connectivity index (χ0v) is 18.6. The Morgan fingerprint density at radius 3 is 1.79 bits per heavy atom. The van der Waals surface area contributed by atoms with Crippen molar-refractivity contribution < 1.29 is 42.9 Å².